The minimum Gasteiger partial charge on any atom is -0.359 e. The zero-order chi connectivity index (χ0) is 13.0. The molecule has 0 spiro atoms. The lowest BCUT2D eigenvalue weighted by molar-refractivity contribution is -0.124. The van der Waals surface area contributed by atoms with E-state index in [9.17, 15) is 4.79 Å². The van der Waals surface area contributed by atoms with Crippen molar-refractivity contribution < 1.29 is 4.79 Å². The van der Waals surface area contributed by atoms with Gasteiger partial charge in [-0.15, -0.1) is 0 Å². The van der Waals surface area contributed by atoms with Crippen LogP contribution in [0, 0.1) is 5.92 Å². The van der Waals surface area contributed by atoms with Crippen molar-refractivity contribution in [1.29, 1.82) is 0 Å². The van der Waals surface area contributed by atoms with Crippen LogP contribution < -0.4 is 11.1 Å². The van der Waals surface area contributed by atoms with Crippen molar-refractivity contribution in [2.45, 2.75) is 6.42 Å². The van der Waals surface area contributed by atoms with Gasteiger partial charge in [0.1, 0.15) is 0 Å². The lowest BCUT2D eigenvalue weighted by Crippen LogP contribution is -2.34. The minimum absolute atomic E-state index is 0.00503. The SMILES string of the molecule is CNC(=O)C(CN)Cc1cccc2ccccc12. The highest BCUT2D eigenvalue weighted by Gasteiger charge is 2.16. The van der Waals surface area contributed by atoms with E-state index >= 15 is 0 Å². The standard InChI is InChI=1S/C15H18N2O/c1-17-15(18)13(10-16)9-12-7-4-6-11-5-2-3-8-14(11)12/h2-8,13H,9-10,16H2,1H3,(H,17,18). The Kier molecular flexibility index (Phi) is 3.95. The van der Waals surface area contributed by atoms with E-state index in [2.05, 4.69) is 29.6 Å². The maximum atomic E-state index is 11.7. The van der Waals surface area contributed by atoms with Gasteiger partial charge < -0.3 is 11.1 Å². The highest BCUT2D eigenvalue weighted by molar-refractivity contribution is 5.86. The van der Waals surface area contributed by atoms with Crippen molar-refractivity contribution in [2.75, 3.05) is 13.6 Å². The molecule has 0 bridgehead atoms. The normalized spacial score (nSPS) is 12.3. The number of hydrogen-bond acceptors (Lipinski definition) is 2. The van der Waals surface area contributed by atoms with E-state index in [1.54, 1.807) is 7.05 Å². The topological polar surface area (TPSA) is 55.1 Å². The fourth-order valence-corrected chi connectivity index (χ4v) is 2.22. The van der Waals surface area contributed by atoms with E-state index in [0.29, 0.717) is 13.0 Å². The third-order valence-corrected chi connectivity index (χ3v) is 3.25. The number of nitrogens with two attached hydrogens (primary N) is 1. The summed E-state index contributed by atoms with van der Waals surface area (Å²) in [6.45, 7) is 0.364. The first-order chi connectivity index (χ1) is 8.76. The van der Waals surface area contributed by atoms with Gasteiger partial charge in [0.05, 0.1) is 5.92 Å². The van der Waals surface area contributed by atoms with Gasteiger partial charge in [-0.3, -0.25) is 4.79 Å². The van der Waals surface area contributed by atoms with E-state index < -0.39 is 0 Å². The Bertz CT molecular complexity index is 546. The molecule has 0 aromatic heterocycles. The van der Waals surface area contributed by atoms with Crippen molar-refractivity contribution in [2.24, 2.45) is 11.7 Å². The molecule has 0 aliphatic carbocycles. The van der Waals surface area contributed by atoms with Crippen LogP contribution in [-0.4, -0.2) is 19.5 Å². The van der Waals surface area contributed by atoms with Gasteiger partial charge in [0.2, 0.25) is 5.91 Å². The zero-order valence-electron chi connectivity index (χ0n) is 10.5. The molecule has 2 rings (SSSR count). The van der Waals surface area contributed by atoms with Crippen molar-refractivity contribution in [3.63, 3.8) is 0 Å². The van der Waals surface area contributed by atoms with Gasteiger partial charge in [-0.25, -0.2) is 0 Å². The summed E-state index contributed by atoms with van der Waals surface area (Å²) in [7, 11) is 1.65. The molecule has 94 valence electrons. The third-order valence-electron chi connectivity index (χ3n) is 3.25. The van der Waals surface area contributed by atoms with Crippen LogP contribution in [0.5, 0.6) is 0 Å². The minimum atomic E-state index is -0.166. The molecular weight excluding hydrogens is 224 g/mol. The van der Waals surface area contributed by atoms with E-state index in [0.717, 1.165) is 0 Å². The number of carbonyl (C=O) groups excluding carboxylic acids is 1. The largest absolute Gasteiger partial charge is 0.359 e. The van der Waals surface area contributed by atoms with Crippen LogP contribution in [0.1, 0.15) is 5.56 Å². The summed E-state index contributed by atoms with van der Waals surface area (Å²) in [4.78, 5) is 11.7. The lowest BCUT2D eigenvalue weighted by atomic mass is 9.94. The predicted octanol–water partition coefficient (Wildman–Crippen LogP) is 1.70. The van der Waals surface area contributed by atoms with Crippen LogP contribution >= 0.6 is 0 Å². The first-order valence-electron chi connectivity index (χ1n) is 6.14. The first kappa shape index (κ1) is 12.6. The number of hydrogen-bond donors (Lipinski definition) is 2. The van der Waals surface area contributed by atoms with Gasteiger partial charge in [0.15, 0.2) is 0 Å². The highest BCUT2D eigenvalue weighted by atomic mass is 16.1. The summed E-state index contributed by atoms with van der Waals surface area (Å²) in [5.41, 5.74) is 6.85. The fraction of sp³-hybridized carbons (Fsp3) is 0.267. The number of fused-ring (bicyclic) bond motifs is 1. The Morgan fingerprint density at radius 1 is 1.22 bits per heavy atom. The average Bonchev–Trinajstić information content (AvgIpc) is 2.44. The Labute approximate surface area is 107 Å². The molecule has 3 N–H and O–H groups in total. The predicted molar refractivity (Wildman–Crippen MR) is 74.3 cm³/mol. The molecule has 2 aromatic rings. The van der Waals surface area contributed by atoms with Gasteiger partial charge in [0.25, 0.3) is 0 Å². The number of carbonyl (C=O) groups is 1. The van der Waals surface area contributed by atoms with Crippen LogP contribution in [0.2, 0.25) is 0 Å². The second-order valence-corrected chi connectivity index (χ2v) is 4.39. The van der Waals surface area contributed by atoms with Crippen molar-refractivity contribution in [3.8, 4) is 0 Å². The molecule has 18 heavy (non-hydrogen) atoms. The van der Waals surface area contributed by atoms with E-state index in [4.69, 9.17) is 5.73 Å². The summed E-state index contributed by atoms with van der Waals surface area (Å²) in [5.74, 6) is -0.161. The Balaban J connectivity index is 2.33. The third kappa shape index (κ3) is 2.51. The molecule has 2 aromatic carbocycles. The molecule has 1 unspecified atom stereocenters. The summed E-state index contributed by atoms with van der Waals surface area (Å²) in [6, 6.07) is 14.4. The van der Waals surface area contributed by atoms with E-state index in [1.165, 1.54) is 16.3 Å². The van der Waals surface area contributed by atoms with Crippen molar-refractivity contribution >= 4 is 16.7 Å². The Morgan fingerprint density at radius 3 is 2.67 bits per heavy atom. The van der Waals surface area contributed by atoms with Gasteiger partial charge in [-0.1, -0.05) is 42.5 Å². The zero-order valence-corrected chi connectivity index (χ0v) is 10.5. The number of amides is 1. The van der Waals surface area contributed by atoms with Gasteiger partial charge in [-0.05, 0) is 22.8 Å². The molecule has 0 aliphatic rings. The maximum Gasteiger partial charge on any atom is 0.224 e. The van der Waals surface area contributed by atoms with E-state index in [-0.39, 0.29) is 11.8 Å². The Hall–Kier alpha value is -1.87. The fourth-order valence-electron chi connectivity index (χ4n) is 2.22. The van der Waals surface area contributed by atoms with E-state index in [1.807, 2.05) is 18.2 Å². The van der Waals surface area contributed by atoms with Crippen LogP contribution in [0.3, 0.4) is 0 Å². The molecule has 3 nitrogen and oxygen atoms in total. The molecule has 1 amide bonds. The van der Waals surface area contributed by atoms with Crippen LogP contribution in [0.4, 0.5) is 0 Å². The molecule has 3 heteroatoms. The molecule has 0 heterocycles. The lowest BCUT2D eigenvalue weighted by Gasteiger charge is -2.14. The van der Waals surface area contributed by atoms with Crippen LogP contribution in [0.15, 0.2) is 42.5 Å². The summed E-state index contributed by atoms with van der Waals surface area (Å²) >= 11 is 0. The first-order valence-corrected chi connectivity index (χ1v) is 6.14. The molecule has 0 saturated carbocycles. The molecule has 0 fully saturated rings. The monoisotopic (exact) mass is 242 g/mol. The average molecular weight is 242 g/mol. The van der Waals surface area contributed by atoms with Crippen LogP contribution in [0.25, 0.3) is 10.8 Å². The van der Waals surface area contributed by atoms with Gasteiger partial charge in [-0.2, -0.15) is 0 Å². The Morgan fingerprint density at radius 2 is 1.94 bits per heavy atom. The summed E-state index contributed by atoms with van der Waals surface area (Å²) in [5, 5.41) is 5.06. The van der Waals surface area contributed by atoms with Crippen molar-refractivity contribution in [1.82, 2.24) is 5.32 Å². The number of rotatable bonds is 4. The molecule has 0 aliphatic heterocycles. The smallest absolute Gasteiger partial charge is 0.224 e. The number of nitrogens with one attached hydrogen (secondary N) is 1. The van der Waals surface area contributed by atoms with Crippen LogP contribution in [-0.2, 0) is 11.2 Å². The molecule has 1 atom stereocenters. The van der Waals surface area contributed by atoms with Crippen molar-refractivity contribution in [3.05, 3.63) is 48.0 Å². The second-order valence-electron chi connectivity index (χ2n) is 4.39. The van der Waals surface area contributed by atoms with Gasteiger partial charge >= 0.3 is 0 Å². The molecule has 0 radical (unpaired) electrons. The van der Waals surface area contributed by atoms with Gasteiger partial charge in [0, 0.05) is 13.6 Å². The molecular formula is C15H18N2O. The summed E-state index contributed by atoms with van der Waals surface area (Å²) < 4.78 is 0. The second kappa shape index (κ2) is 5.65. The highest BCUT2D eigenvalue weighted by Crippen LogP contribution is 2.21. The maximum absolute atomic E-state index is 11.7. The quantitative estimate of drug-likeness (QED) is 0.857. The molecule has 0 saturated heterocycles. The number of benzene rings is 2. The summed E-state index contributed by atoms with van der Waals surface area (Å²) in [6.07, 6.45) is 0.678.